The second-order valence-electron chi connectivity index (χ2n) is 5.89. The van der Waals surface area contributed by atoms with E-state index in [0.717, 1.165) is 45.5 Å². The number of morpholine rings is 1. The molecule has 0 aromatic heterocycles. The average molecular weight is 254 g/mol. The second-order valence-corrected chi connectivity index (χ2v) is 5.89. The van der Waals surface area contributed by atoms with Gasteiger partial charge in [0.2, 0.25) is 0 Å². The fourth-order valence-corrected chi connectivity index (χ4v) is 2.92. The van der Waals surface area contributed by atoms with Gasteiger partial charge in [-0.3, -0.25) is 4.90 Å². The summed E-state index contributed by atoms with van der Waals surface area (Å²) in [5.74, 6) is 0. The van der Waals surface area contributed by atoms with Crippen LogP contribution in [-0.2, 0) is 9.47 Å². The first-order valence-corrected chi connectivity index (χ1v) is 7.58. The highest BCUT2D eigenvalue weighted by Gasteiger charge is 2.28. The molecule has 2 atom stereocenters. The molecule has 4 nitrogen and oxygen atoms in total. The fourth-order valence-electron chi connectivity index (χ4n) is 2.92. The second kappa shape index (κ2) is 6.33. The summed E-state index contributed by atoms with van der Waals surface area (Å²) in [6.07, 6.45) is 6.99. The van der Waals surface area contributed by atoms with Crippen LogP contribution >= 0.6 is 0 Å². The first-order chi connectivity index (χ1) is 8.92. The number of hydrogen-bond donors (Lipinski definition) is 1. The Morgan fingerprint density at radius 2 is 2.06 bits per heavy atom. The molecule has 1 N–H and O–H groups in total. The molecule has 3 rings (SSSR count). The van der Waals surface area contributed by atoms with Gasteiger partial charge in [-0.1, -0.05) is 0 Å². The van der Waals surface area contributed by atoms with Crippen molar-refractivity contribution in [3.05, 3.63) is 0 Å². The van der Waals surface area contributed by atoms with Crippen molar-refractivity contribution in [3.63, 3.8) is 0 Å². The lowest BCUT2D eigenvalue weighted by atomic mass is 10.1. The van der Waals surface area contributed by atoms with Crippen molar-refractivity contribution < 1.29 is 9.47 Å². The fraction of sp³-hybridized carbons (Fsp3) is 1.00. The monoisotopic (exact) mass is 254 g/mol. The topological polar surface area (TPSA) is 33.7 Å². The van der Waals surface area contributed by atoms with E-state index in [1.165, 1.54) is 32.1 Å². The van der Waals surface area contributed by atoms with Crippen LogP contribution in [0.2, 0.25) is 0 Å². The van der Waals surface area contributed by atoms with Gasteiger partial charge in [0.15, 0.2) is 0 Å². The average Bonchev–Trinajstić information content (AvgIpc) is 3.23. The van der Waals surface area contributed by atoms with E-state index in [4.69, 9.17) is 9.47 Å². The van der Waals surface area contributed by atoms with Gasteiger partial charge in [-0.05, 0) is 32.1 Å². The number of ether oxygens (including phenoxy) is 2. The third-order valence-electron chi connectivity index (χ3n) is 4.28. The summed E-state index contributed by atoms with van der Waals surface area (Å²) in [6, 6.07) is 1.34. The molecule has 3 fully saturated rings. The van der Waals surface area contributed by atoms with Crippen LogP contribution in [0.15, 0.2) is 0 Å². The molecule has 18 heavy (non-hydrogen) atoms. The highest BCUT2D eigenvalue weighted by Crippen LogP contribution is 2.20. The van der Waals surface area contributed by atoms with Crippen LogP contribution in [-0.4, -0.2) is 62.5 Å². The molecule has 3 aliphatic rings. The van der Waals surface area contributed by atoms with Gasteiger partial charge in [0.05, 0.1) is 19.3 Å². The van der Waals surface area contributed by atoms with Crippen molar-refractivity contribution in [3.8, 4) is 0 Å². The molecule has 0 bridgehead atoms. The molecule has 2 saturated heterocycles. The maximum atomic E-state index is 5.86. The van der Waals surface area contributed by atoms with Gasteiger partial charge >= 0.3 is 0 Å². The van der Waals surface area contributed by atoms with Crippen molar-refractivity contribution in [1.29, 1.82) is 0 Å². The van der Waals surface area contributed by atoms with Gasteiger partial charge in [-0.15, -0.1) is 0 Å². The summed E-state index contributed by atoms with van der Waals surface area (Å²) >= 11 is 0. The summed E-state index contributed by atoms with van der Waals surface area (Å²) in [5, 5.41) is 3.63. The molecule has 0 aromatic carbocycles. The Kier molecular flexibility index (Phi) is 4.52. The normalized spacial score (nSPS) is 34.7. The first kappa shape index (κ1) is 12.9. The standard InChI is InChI=1S/C14H26N2O2/c1-2-7-18-14(3-1)10-16-6-8-17-11-13(16)9-15-12-4-5-12/h12-15H,1-11H2. The summed E-state index contributed by atoms with van der Waals surface area (Å²) < 4.78 is 11.5. The van der Waals surface area contributed by atoms with Crippen LogP contribution in [0.3, 0.4) is 0 Å². The van der Waals surface area contributed by atoms with Crippen LogP contribution in [0, 0.1) is 0 Å². The van der Waals surface area contributed by atoms with Gasteiger partial charge < -0.3 is 14.8 Å². The summed E-state index contributed by atoms with van der Waals surface area (Å²) in [5.41, 5.74) is 0. The van der Waals surface area contributed by atoms with E-state index >= 15 is 0 Å². The smallest absolute Gasteiger partial charge is 0.0702 e. The minimum atomic E-state index is 0.459. The van der Waals surface area contributed by atoms with Gasteiger partial charge in [-0.2, -0.15) is 0 Å². The van der Waals surface area contributed by atoms with Crippen molar-refractivity contribution in [2.45, 2.75) is 50.3 Å². The molecule has 0 spiro atoms. The van der Waals surface area contributed by atoms with Crippen molar-refractivity contribution in [1.82, 2.24) is 10.2 Å². The van der Waals surface area contributed by atoms with Gasteiger partial charge in [0.1, 0.15) is 0 Å². The van der Waals surface area contributed by atoms with E-state index in [1.54, 1.807) is 0 Å². The molecule has 4 heteroatoms. The maximum Gasteiger partial charge on any atom is 0.0702 e. The van der Waals surface area contributed by atoms with Crippen molar-refractivity contribution >= 4 is 0 Å². The van der Waals surface area contributed by atoms with Crippen LogP contribution < -0.4 is 5.32 Å². The number of hydrogen-bond acceptors (Lipinski definition) is 4. The largest absolute Gasteiger partial charge is 0.378 e. The molecule has 0 aromatic rings. The molecular formula is C14H26N2O2. The van der Waals surface area contributed by atoms with Crippen molar-refractivity contribution in [2.75, 3.05) is 39.5 Å². The quantitative estimate of drug-likeness (QED) is 0.794. The van der Waals surface area contributed by atoms with Gasteiger partial charge in [0.25, 0.3) is 0 Å². The Morgan fingerprint density at radius 3 is 2.83 bits per heavy atom. The minimum absolute atomic E-state index is 0.459. The summed E-state index contributed by atoms with van der Waals surface area (Å²) in [6.45, 7) is 5.97. The lowest BCUT2D eigenvalue weighted by Gasteiger charge is -2.38. The van der Waals surface area contributed by atoms with Crippen LogP contribution in [0.4, 0.5) is 0 Å². The molecule has 2 aliphatic heterocycles. The Morgan fingerprint density at radius 1 is 1.11 bits per heavy atom. The molecule has 1 aliphatic carbocycles. The third-order valence-corrected chi connectivity index (χ3v) is 4.28. The Bertz CT molecular complexity index is 252. The predicted molar refractivity (Wildman–Crippen MR) is 70.8 cm³/mol. The summed E-state index contributed by atoms with van der Waals surface area (Å²) in [7, 11) is 0. The van der Waals surface area contributed by atoms with E-state index < -0.39 is 0 Å². The zero-order valence-electron chi connectivity index (χ0n) is 11.3. The predicted octanol–water partition coefficient (Wildman–Crippen LogP) is 1.01. The molecule has 1 saturated carbocycles. The van der Waals surface area contributed by atoms with Crippen LogP contribution in [0.1, 0.15) is 32.1 Å². The lowest BCUT2D eigenvalue weighted by molar-refractivity contribution is -0.0541. The zero-order valence-corrected chi connectivity index (χ0v) is 11.3. The first-order valence-electron chi connectivity index (χ1n) is 7.58. The molecule has 0 amide bonds. The Balaban J connectivity index is 1.46. The van der Waals surface area contributed by atoms with Crippen molar-refractivity contribution in [2.24, 2.45) is 0 Å². The third kappa shape index (κ3) is 3.67. The minimum Gasteiger partial charge on any atom is -0.378 e. The van der Waals surface area contributed by atoms with E-state index in [9.17, 15) is 0 Å². The number of nitrogens with zero attached hydrogens (tertiary/aromatic N) is 1. The SMILES string of the molecule is C1CCC(CN2CCOCC2CNC2CC2)OC1. The molecule has 104 valence electrons. The lowest BCUT2D eigenvalue weighted by Crippen LogP contribution is -2.53. The van der Waals surface area contributed by atoms with Gasteiger partial charge in [0, 0.05) is 38.3 Å². The van der Waals surface area contributed by atoms with Gasteiger partial charge in [-0.25, -0.2) is 0 Å². The molecule has 0 radical (unpaired) electrons. The number of rotatable bonds is 5. The Labute approximate surface area is 110 Å². The summed E-state index contributed by atoms with van der Waals surface area (Å²) in [4.78, 5) is 2.58. The Hall–Kier alpha value is -0.160. The van der Waals surface area contributed by atoms with E-state index in [0.29, 0.717) is 12.1 Å². The number of nitrogens with one attached hydrogen (secondary N) is 1. The van der Waals surface area contributed by atoms with Crippen LogP contribution in [0.25, 0.3) is 0 Å². The van der Waals surface area contributed by atoms with E-state index in [2.05, 4.69) is 10.2 Å². The molecule has 2 unspecified atom stereocenters. The zero-order chi connectivity index (χ0) is 12.2. The maximum absolute atomic E-state index is 5.86. The van der Waals surface area contributed by atoms with E-state index in [-0.39, 0.29) is 0 Å². The van der Waals surface area contributed by atoms with Crippen LogP contribution in [0.5, 0.6) is 0 Å². The highest BCUT2D eigenvalue weighted by atomic mass is 16.5. The van der Waals surface area contributed by atoms with E-state index in [1.807, 2.05) is 0 Å². The molecular weight excluding hydrogens is 228 g/mol. The highest BCUT2D eigenvalue weighted by molar-refractivity contribution is 4.86. The molecule has 2 heterocycles.